The number of nitrogens with zero attached hydrogens (tertiary/aromatic N) is 1. The molecule has 0 aliphatic heterocycles. The van der Waals surface area contributed by atoms with Crippen molar-refractivity contribution in [2.24, 2.45) is 0 Å². The first-order chi connectivity index (χ1) is 15.0. The summed E-state index contributed by atoms with van der Waals surface area (Å²) in [6.45, 7) is 15.3. The number of aryl methyl sites for hydroxylation is 1. The number of amides is 3. The van der Waals surface area contributed by atoms with Gasteiger partial charge in [0.1, 0.15) is 17.7 Å². The molecular formula is C25H39N3O4. The third-order valence-electron chi connectivity index (χ3n) is 4.71. The molecule has 2 unspecified atom stereocenters. The number of carbonyl (C=O) groups excluding carboxylic acids is 3. The number of hydrogen-bond acceptors (Lipinski definition) is 4. The van der Waals surface area contributed by atoms with Gasteiger partial charge in [0.25, 0.3) is 0 Å². The molecule has 0 aromatic heterocycles. The van der Waals surface area contributed by atoms with Crippen LogP contribution in [0, 0.1) is 6.92 Å². The van der Waals surface area contributed by atoms with Crippen molar-refractivity contribution in [1.29, 1.82) is 0 Å². The van der Waals surface area contributed by atoms with Gasteiger partial charge in [-0.15, -0.1) is 6.58 Å². The second-order valence-corrected chi connectivity index (χ2v) is 8.96. The van der Waals surface area contributed by atoms with Crippen molar-refractivity contribution in [3.05, 3.63) is 48.0 Å². The lowest BCUT2D eigenvalue weighted by atomic mass is 10.0. The highest BCUT2D eigenvalue weighted by molar-refractivity contribution is 5.92. The Hall–Kier alpha value is -2.83. The van der Waals surface area contributed by atoms with E-state index in [-0.39, 0.29) is 12.5 Å². The fourth-order valence-electron chi connectivity index (χ4n) is 3.25. The zero-order chi connectivity index (χ0) is 24.3. The Bertz CT molecular complexity index is 786. The minimum Gasteiger partial charge on any atom is -0.444 e. The Balaban J connectivity index is 3.16. The molecule has 7 nitrogen and oxygen atoms in total. The van der Waals surface area contributed by atoms with E-state index in [1.807, 2.05) is 31.2 Å². The van der Waals surface area contributed by atoms with Gasteiger partial charge in [-0.05, 0) is 46.6 Å². The summed E-state index contributed by atoms with van der Waals surface area (Å²) in [5.41, 5.74) is 1.01. The van der Waals surface area contributed by atoms with Crippen LogP contribution in [0.25, 0.3) is 0 Å². The number of nitrogens with one attached hydrogen (secondary N) is 2. The summed E-state index contributed by atoms with van der Waals surface area (Å²) in [6.07, 6.45) is 3.82. The van der Waals surface area contributed by atoms with Crippen LogP contribution in [0.5, 0.6) is 0 Å². The van der Waals surface area contributed by atoms with Gasteiger partial charge in [0.05, 0.1) is 0 Å². The van der Waals surface area contributed by atoms with E-state index in [1.165, 1.54) is 4.90 Å². The maximum absolute atomic E-state index is 13.3. The van der Waals surface area contributed by atoms with Gasteiger partial charge >= 0.3 is 6.09 Å². The monoisotopic (exact) mass is 445 g/mol. The van der Waals surface area contributed by atoms with Crippen LogP contribution in [0.15, 0.2) is 36.9 Å². The Morgan fingerprint density at radius 1 is 1.22 bits per heavy atom. The van der Waals surface area contributed by atoms with Crippen LogP contribution in [0.4, 0.5) is 4.79 Å². The highest BCUT2D eigenvalue weighted by Crippen LogP contribution is 2.23. The Kier molecular flexibility index (Phi) is 11.0. The Labute approximate surface area is 192 Å². The van der Waals surface area contributed by atoms with Crippen LogP contribution in [0.2, 0.25) is 0 Å². The van der Waals surface area contributed by atoms with Crippen molar-refractivity contribution in [2.45, 2.75) is 78.5 Å². The smallest absolute Gasteiger partial charge is 0.408 e. The van der Waals surface area contributed by atoms with E-state index in [1.54, 1.807) is 33.8 Å². The van der Waals surface area contributed by atoms with Gasteiger partial charge in [0, 0.05) is 13.1 Å². The van der Waals surface area contributed by atoms with Crippen molar-refractivity contribution in [3.8, 4) is 0 Å². The van der Waals surface area contributed by atoms with Crippen LogP contribution in [-0.2, 0) is 14.3 Å². The quantitative estimate of drug-likeness (QED) is 0.393. The lowest BCUT2D eigenvalue weighted by Crippen LogP contribution is -2.52. The van der Waals surface area contributed by atoms with Gasteiger partial charge in [0.15, 0.2) is 0 Å². The molecule has 1 aromatic carbocycles. The number of carbonyl (C=O) groups is 3. The summed E-state index contributed by atoms with van der Waals surface area (Å²) in [7, 11) is 0. The van der Waals surface area contributed by atoms with E-state index < -0.39 is 29.7 Å². The summed E-state index contributed by atoms with van der Waals surface area (Å²) in [5.74, 6) is -0.655. The fourth-order valence-corrected chi connectivity index (χ4v) is 3.25. The van der Waals surface area contributed by atoms with Gasteiger partial charge < -0.3 is 20.3 Å². The molecule has 0 radical (unpaired) electrons. The van der Waals surface area contributed by atoms with Crippen molar-refractivity contribution < 1.29 is 19.1 Å². The van der Waals surface area contributed by atoms with Crippen LogP contribution in [-0.4, -0.2) is 47.5 Å². The number of unbranched alkanes of at least 4 members (excludes halogenated alkanes) is 2. The predicted octanol–water partition coefficient (Wildman–Crippen LogP) is 4.27. The molecule has 0 bridgehead atoms. The maximum Gasteiger partial charge on any atom is 0.408 e. The molecule has 0 saturated carbocycles. The van der Waals surface area contributed by atoms with Crippen molar-refractivity contribution in [2.75, 3.05) is 13.1 Å². The maximum atomic E-state index is 13.3. The van der Waals surface area contributed by atoms with Gasteiger partial charge in [-0.1, -0.05) is 55.7 Å². The van der Waals surface area contributed by atoms with Crippen molar-refractivity contribution in [1.82, 2.24) is 15.5 Å². The number of hydrogen-bond donors (Lipinski definition) is 2. The number of benzene rings is 1. The SMILES string of the molecule is C=CCN(C(=O)C(C)NC(=O)OC(C)(C)C)C(C(=O)NCCCCC)c1cccc(C)c1. The van der Waals surface area contributed by atoms with Crippen LogP contribution in [0.1, 0.15) is 71.0 Å². The topological polar surface area (TPSA) is 87.7 Å². The summed E-state index contributed by atoms with van der Waals surface area (Å²) in [5, 5.41) is 5.53. The zero-order valence-electron chi connectivity index (χ0n) is 20.4. The first-order valence-corrected chi connectivity index (χ1v) is 11.2. The molecule has 2 atom stereocenters. The largest absolute Gasteiger partial charge is 0.444 e. The van der Waals surface area contributed by atoms with E-state index in [0.717, 1.165) is 24.8 Å². The molecule has 0 aliphatic rings. The lowest BCUT2D eigenvalue weighted by Gasteiger charge is -2.33. The second-order valence-electron chi connectivity index (χ2n) is 8.96. The lowest BCUT2D eigenvalue weighted by molar-refractivity contribution is -0.141. The number of alkyl carbamates (subject to hydrolysis) is 1. The normalized spacial score (nSPS) is 12.9. The summed E-state index contributed by atoms with van der Waals surface area (Å²) in [6, 6.07) is 5.80. The highest BCUT2D eigenvalue weighted by atomic mass is 16.6. The molecule has 32 heavy (non-hydrogen) atoms. The average molecular weight is 446 g/mol. The van der Waals surface area contributed by atoms with E-state index in [4.69, 9.17) is 4.74 Å². The minimum absolute atomic E-state index is 0.153. The standard InChI is InChI=1S/C25H39N3O4/c1-8-10-11-15-26-22(29)21(20-14-12-13-18(3)17-20)28(16-9-2)23(30)19(4)27-24(31)32-25(5,6)7/h9,12-14,17,19,21H,2,8,10-11,15-16H2,1,3-7H3,(H,26,29)(H,27,31). The first kappa shape index (κ1) is 27.2. The van der Waals surface area contributed by atoms with Crippen LogP contribution < -0.4 is 10.6 Å². The van der Waals surface area contributed by atoms with Gasteiger partial charge in [-0.25, -0.2) is 4.79 Å². The summed E-state index contributed by atoms with van der Waals surface area (Å²) in [4.78, 5) is 40.2. The highest BCUT2D eigenvalue weighted by Gasteiger charge is 2.34. The third kappa shape index (κ3) is 9.12. The molecule has 3 amide bonds. The van der Waals surface area contributed by atoms with Crippen LogP contribution >= 0.6 is 0 Å². The molecule has 0 spiro atoms. The summed E-state index contributed by atoms with van der Waals surface area (Å²) >= 11 is 0. The first-order valence-electron chi connectivity index (χ1n) is 11.2. The van der Waals surface area contributed by atoms with Crippen LogP contribution in [0.3, 0.4) is 0 Å². The van der Waals surface area contributed by atoms with Crippen molar-refractivity contribution >= 4 is 17.9 Å². The molecule has 0 heterocycles. The summed E-state index contributed by atoms with van der Waals surface area (Å²) < 4.78 is 5.26. The molecule has 0 fully saturated rings. The van der Waals surface area contributed by atoms with Gasteiger partial charge in [0.2, 0.25) is 11.8 Å². The molecule has 0 aliphatic carbocycles. The third-order valence-corrected chi connectivity index (χ3v) is 4.71. The molecule has 1 aromatic rings. The fraction of sp³-hybridized carbons (Fsp3) is 0.560. The Morgan fingerprint density at radius 2 is 1.91 bits per heavy atom. The van der Waals surface area contributed by atoms with Gasteiger partial charge in [-0.3, -0.25) is 9.59 Å². The average Bonchev–Trinajstić information content (AvgIpc) is 2.69. The number of ether oxygens (including phenoxy) is 1. The molecule has 2 N–H and O–H groups in total. The van der Waals surface area contributed by atoms with Gasteiger partial charge in [-0.2, -0.15) is 0 Å². The predicted molar refractivity (Wildman–Crippen MR) is 127 cm³/mol. The molecule has 7 heteroatoms. The zero-order valence-corrected chi connectivity index (χ0v) is 20.4. The van der Waals surface area contributed by atoms with E-state index >= 15 is 0 Å². The van der Waals surface area contributed by atoms with Crippen molar-refractivity contribution in [3.63, 3.8) is 0 Å². The minimum atomic E-state index is -0.884. The molecule has 0 saturated heterocycles. The Morgan fingerprint density at radius 3 is 2.47 bits per heavy atom. The second kappa shape index (κ2) is 12.9. The van der Waals surface area contributed by atoms with E-state index in [9.17, 15) is 14.4 Å². The molecule has 178 valence electrons. The molecule has 1 rings (SSSR count). The van der Waals surface area contributed by atoms with E-state index in [2.05, 4.69) is 24.1 Å². The van der Waals surface area contributed by atoms with E-state index in [0.29, 0.717) is 12.1 Å². The number of rotatable bonds is 11. The molecular weight excluding hydrogens is 406 g/mol.